The van der Waals surface area contributed by atoms with Crippen molar-refractivity contribution in [2.75, 3.05) is 39.3 Å². The molecule has 6 rings (SSSR count). The van der Waals surface area contributed by atoms with Gasteiger partial charge in [0.2, 0.25) is 0 Å². The van der Waals surface area contributed by atoms with Gasteiger partial charge in [0.25, 0.3) is 11.8 Å². The van der Waals surface area contributed by atoms with Crippen molar-refractivity contribution in [3.8, 4) is 0 Å². The maximum Gasteiger partial charge on any atom is 0.253 e. The molecular formula is C36H38N8O2. The van der Waals surface area contributed by atoms with Gasteiger partial charge < -0.3 is 16.4 Å². The first-order valence-electron chi connectivity index (χ1n) is 15.6. The largest absolute Gasteiger partial charge is 0.351 e. The highest BCUT2D eigenvalue weighted by Gasteiger charge is 2.17. The van der Waals surface area contributed by atoms with Gasteiger partial charge in [-0.05, 0) is 74.2 Å². The van der Waals surface area contributed by atoms with Crippen LogP contribution >= 0.6 is 0 Å². The van der Waals surface area contributed by atoms with E-state index in [1.807, 2.05) is 76.2 Å². The van der Waals surface area contributed by atoms with Gasteiger partial charge in [-0.2, -0.15) is 0 Å². The standard InChI is InChI=1S/C36H38N8O2/c1-21-11-13-23(3)31-29(21)40-27-9-5-7-25(33(27)42-31)35(45)38-16-19-44(18-15-37)20-17-39-36(46)26-8-6-10-28-34(26)43-32-24(4)14-12-22(2)30(32)41-28/h5-14H,15-20,37H2,1-4H3,(H,38,45)(H,39,46). The zero-order valence-electron chi connectivity index (χ0n) is 26.6. The number of rotatable bonds is 10. The lowest BCUT2D eigenvalue weighted by atomic mass is 10.1. The third kappa shape index (κ3) is 6.09. The van der Waals surface area contributed by atoms with E-state index in [0.29, 0.717) is 72.5 Å². The third-order valence-electron chi connectivity index (χ3n) is 8.41. The van der Waals surface area contributed by atoms with E-state index in [2.05, 4.69) is 15.5 Å². The number of hydrogen-bond acceptors (Lipinski definition) is 8. The van der Waals surface area contributed by atoms with Gasteiger partial charge in [0.1, 0.15) is 11.0 Å². The molecule has 0 fully saturated rings. The summed E-state index contributed by atoms with van der Waals surface area (Å²) >= 11 is 0. The molecule has 0 atom stereocenters. The molecule has 0 radical (unpaired) electrons. The van der Waals surface area contributed by atoms with Crippen LogP contribution in [-0.2, 0) is 0 Å². The molecular weight excluding hydrogens is 576 g/mol. The molecule has 0 spiro atoms. The molecule has 2 amide bonds. The fourth-order valence-corrected chi connectivity index (χ4v) is 5.80. The Balaban J connectivity index is 1.09. The Hall–Kier alpha value is -5.06. The Morgan fingerprint density at radius 2 is 0.957 bits per heavy atom. The molecule has 0 aliphatic rings. The van der Waals surface area contributed by atoms with Crippen molar-refractivity contribution in [1.29, 1.82) is 0 Å². The lowest BCUT2D eigenvalue weighted by molar-refractivity contribution is 0.0950. The fraction of sp³-hybridized carbons (Fsp3) is 0.278. The van der Waals surface area contributed by atoms with E-state index in [-0.39, 0.29) is 11.8 Å². The van der Waals surface area contributed by atoms with Crippen molar-refractivity contribution < 1.29 is 9.59 Å². The molecule has 0 aliphatic heterocycles. The van der Waals surface area contributed by atoms with E-state index < -0.39 is 0 Å². The average Bonchev–Trinajstić information content (AvgIpc) is 3.06. The van der Waals surface area contributed by atoms with Crippen LogP contribution in [-0.4, -0.2) is 75.9 Å². The molecule has 6 aromatic rings. The van der Waals surface area contributed by atoms with Crippen molar-refractivity contribution in [2.24, 2.45) is 5.73 Å². The Kier molecular flexibility index (Phi) is 8.83. The normalized spacial score (nSPS) is 11.6. The van der Waals surface area contributed by atoms with Gasteiger partial charge in [0.15, 0.2) is 0 Å². The second-order valence-electron chi connectivity index (χ2n) is 11.7. The highest BCUT2D eigenvalue weighted by Crippen LogP contribution is 2.25. The molecule has 4 N–H and O–H groups in total. The predicted octanol–water partition coefficient (Wildman–Crippen LogP) is 4.53. The zero-order valence-corrected chi connectivity index (χ0v) is 26.6. The molecule has 0 aliphatic carbocycles. The number of carbonyl (C=O) groups excluding carboxylic acids is 2. The van der Waals surface area contributed by atoms with E-state index in [0.717, 1.165) is 44.3 Å². The lowest BCUT2D eigenvalue weighted by Crippen LogP contribution is -2.41. The van der Waals surface area contributed by atoms with E-state index in [1.54, 1.807) is 12.1 Å². The monoisotopic (exact) mass is 614 g/mol. The minimum atomic E-state index is -0.208. The first-order valence-corrected chi connectivity index (χ1v) is 15.6. The highest BCUT2D eigenvalue weighted by atomic mass is 16.2. The van der Waals surface area contributed by atoms with Gasteiger partial charge in [0, 0.05) is 39.3 Å². The van der Waals surface area contributed by atoms with Gasteiger partial charge in [0.05, 0.1) is 44.2 Å². The van der Waals surface area contributed by atoms with Gasteiger partial charge >= 0.3 is 0 Å². The maximum atomic E-state index is 13.3. The quantitative estimate of drug-likeness (QED) is 0.191. The van der Waals surface area contributed by atoms with Gasteiger partial charge in [-0.1, -0.05) is 36.4 Å². The van der Waals surface area contributed by atoms with Crippen LogP contribution < -0.4 is 16.4 Å². The molecule has 2 aromatic heterocycles. The summed E-state index contributed by atoms with van der Waals surface area (Å²) in [5, 5.41) is 6.06. The number of nitrogens with two attached hydrogens (primary N) is 1. The molecule has 4 aromatic carbocycles. The molecule has 46 heavy (non-hydrogen) atoms. The number of fused-ring (bicyclic) bond motifs is 4. The molecule has 0 saturated carbocycles. The fourth-order valence-electron chi connectivity index (χ4n) is 5.80. The van der Waals surface area contributed by atoms with Crippen molar-refractivity contribution in [3.05, 3.63) is 94.0 Å². The third-order valence-corrected chi connectivity index (χ3v) is 8.41. The van der Waals surface area contributed by atoms with Crippen LogP contribution in [0.1, 0.15) is 43.0 Å². The summed E-state index contributed by atoms with van der Waals surface area (Å²) in [6, 6.07) is 19.1. The van der Waals surface area contributed by atoms with Crippen LogP contribution in [0.15, 0.2) is 60.7 Å². The number of para-hydroxylation sites is 2. The maximum absolute atomic E-state index is 13.3. The highest BCUT2D eigenvalue weighted by molar-refractivity contribution is 6.07. The van der Waals surface area contributed by atoms with Crippen LogP contribution in [0.3, 0.4) is 0 Å². The van der Waals surface area contributed by atoms with Crippen LogP contribution in [0.2, 0.25) is 0 Å². The Morgan fingerprint density at radius 1 is 0.565 bits per heavy atom. The summed E-state index contributed by atoms with van der Waals surface area (Å²) in [4.78, 5) is 48.0. The number of hydrogen-bond donors (Lipinski definition) is 3. The average molecular weight is 615 g/mol. The lowest BCUT2D eigenvalue weighted by Gasteiger charge is -2.22. The number of carbonyl (C=O) groups is 2. The van der Waals surface area contributed by atoms with Crippen LogP contribution in [0.4, 0.5) is 0 Å². The summed E-state index contributed by atoms with van der Waals surface area (Å²) in [5.41, 5.74) is 16.8. The summed E-state index contributed by atoms with van der Waals surface area (Å²) in [6.45, 7) is 11.1. The molecule has 10 nitrogen and oxygen atoms in total. The zero-order chi connectivity index (χ0) is 32.4. The van der Waals surface area contributed by atoms with Crippen molar-refractivity contribution in [1.82, 2.24) is 35.5 Å². The molecule has 0 bridgehead atoms. The number of benzene rings is 4. The number of aryl methyl sites for hydroxylation is 4. The van der Waals surface area contributed by atoms with Gasteiger partial charge in [-0.25, -0.2) is 19.9 Å². The van der Waals surface area contributed by atoms with Crippen LogP contribution in [0.5, 0.6) is 0 Å². The van der Waals surface area contributed by atoms with E-state index >= 15 is 0 Å². The summed E-state index contributed by atoms with van der Waals surface area (Å²) in [7, 11) is 0. The second kappa shape index (κ2) is 13.1. The summed E-state index contributed by atoms with van der Waals surface area (Å²) in [6.07, 6.45) is 0. The van der Waals surface area contributed by atoms with Crippen LogP contribution in [0.25, 0.3) is 44.1 Å². The van der Waals surface area contributed by atoms with Gasteiger partial charge in [-0.15, -0.1) is 0 Å². The van der Waals surface area contributed by atoms with Crippen molar-refractivity contribution in [2.45, 2.75) is 27.7 Å². The number of amides is 2. The predicted molar refractivity (Wildman–Crippen MR) is 183 cm³/mol. The second-order valence-corrected chi connectivity index (χ2v) is 11.7. The molecule has 0 unspecified atom stereocenters. The molecule has 2 heterocycles. The van der Waals surface area contributed by atoms with E-state index in [4.69, 9.17) is 25.7 Å². The Labute approximate surface area is 267 Å². The number of nitrogens with zero attached hydrogens (tertiary/aromatic N) is 5. The molecule has 10 heteroatoms. The Bertz CT molecular complexity index is 1980. The molecule has 234 valence electrons. The SMILES string of the molecule is Cc1ccc(C)c2nc3c(C(=O)NCCN(CCN)CCNC(=O)c4cccc5nc6c(C)ccc(C)c6nc45)cccc3nc12. The van der Waals surface area contributed by atoms with Crippen LogP contribution in [0, 0.1) is 27.7 Å². The van der Waals surface area contributed by atoms with E-state index in [1.165, 1.54) is 0 Å². The molecule has 0 saturated heterocycles. The first kappa shape index (κ1) is 30.9. The number of nitrogens with one attached hydrogen (secondary N) is 2. The minimum Gasteiger partial charge on any atom is -0.351 e. The summed E-state index contributed by atoms with van der Waals surface area (Å²) in [5.74, 6) is -0.416. The topological polar surface area (TPSA) is 139 Å². The minimum absolute atomic E-state index is 0.208. The van der Waals surface area contributed by atoms with Crippen molar-refractivity contribution in [3.63, 3.8) is 0 Å². The Morgan fingerprint density at radius 3 is 1.35 bits per heavy atom. The van der Waals surface area contributed by atoms with E-state index in [9.17, 15) is 9.59 Å². The first-order chi connectivity index (χ1) is 22.2. The van der Waals surface area contributed by atoms with Crippen molar-refractivity contribution >= 4 is 55.9 Å². The smallest absolute Gasteiger partial charge is 0.253 e. The summed E-state index contributed by atoms with van der Waals surface area (Å²) < 4.78 is 0. The number of aromatic nitrogens is 4. The van der Waals surface area contributed by atoms with Gasteiger partial charge in [-0.3, -0.25) is 14.5 Å².